The minimum atomic E-state index is -0.312. The molecule has 3 aromatic heterocycles. The monoisotopic (exact) mass is 421 g/mol. The van der Waals surface area contributed by atoms with Crippen molar-refractivity contribution >= 4 is 49.2 Å². The van der Waals surface area contributed by atoms with Gasteiger partial charge in [0.05, 0.1) is 10.2 Å². The average molecular weight is 422 g/mol. The van der Waals surface area contributed by atoms with Gasteiger partial charge in [0, 0.05) is 36.3 Å². The van der Waals surface area contributed by atoms with Crippen molar-refractivity contribution in [3.05, 3.63) is 54.2 Å². The van der Waals surface area contributed by atoms with Gasteiger partial charge in [-0.3, -0.25) is 4.79 Å². The van der Waals surface area contributed by atoms with Crippen LogP contribution in [0.15, 0.2) is 42.9 Å². The number of fused-ring (bicyclic) bond motifs is 3. The third-order valence-electron chi connectivity index (χ3n) is 5.61. The van der Waals surface area contributed by atoms with Gasteiger partial charge in [0.15, 0.2) is 0 Å². The largest absolute Gasteiger partial charge is 0.355 e. The lowest BCUT2D eigenvalue weighted by Gasteiger charge is -2.32. The molecule has 1 amide bonds. The highest BCUT2D eigenvalue weighted by atomic mass is 32.1. The summed E-state index contributed by atoms with van der Waals surface area (Å²) in [5.74, 6) is 0.430. The van der Waals surface area contributed by atoms with E-state index in [2.05, 4.69) is 25.2 Å². The lowest BCUT2D eigenvalue weighted by atomic mass is 9.95. The Hall–Kier alpha value is -3.13. The zero-order chi connectivity index (χ0) is 20.7. The van der Waals surface area contributed by atoms with Crippen LogP contribution in [0.25, 0.3) is 20.4 Å². The summed E-state index contributed by atoms with van der Waals surface area (Å²) in [5.41, 5.74) is 1.99. The second-order valence-electron chi connectivity index (χ2n) is 7.55. The maximum absolute atomic E-state index is 13.7. The average Bonchev–Trinajstić information content (AvgIpc) is 3.15. The molecule has 0 bridgehead atoms. The number of pyridine rings is 1. The summed E-state index contributed by atoms with van der Waals surface area (Å²) < 4.78 is 14.8. The van der Waals surface area contributed by atoms with Gasteiger partial charge >= 0.3 is 0 Å². The molecule has 0 spiro atoms. The molecule has 4 heterocycles. The number of carbonyl (C=O) groups is 1. The molecule has 1 aliphatic heterocycles. The number of benzene rings is 1. The second-order valence-corrected chi connectivity index (χ2v) is 8.55. The predicted molar refractivity (Wildman–Crippen MR) is 117 cm³/mol. The first-order valence-corrected chi connectivity index (χ1v) is 10.7. The molecule has 0 unspecified atom stereocenters. The van der Waals surface area contributed by atoms with Crippen molar-refractivity contribution in [2.75, 3.05) is 23.3 Å². The van der Waals surface area contributed by atoms with Crippen molar-refractivity contribution in [3.63, 3.8) is 0 Å². The highest BCUT2D eigenvalue weighted by Crippen LogP contribution is 2.37. The van der Waals surface area contributed by atoms with Gasteiger partial charge in [-0.25, -0.2) is 19.3 Å². The van der Waals surface area contributed by atoms with E-state index in [1.54, 1.807) is 42.9 Å². The first kappa shape index (κ1) is 18.9. The lowest BCUT2D eigenvalue weighted by Crippen LogP contribution is -2.38. The summed E-state index contributed by atoms with van der Waals surface area (Å²) in [5, 5.41) is 3.89. The van der Waals surface area contributed by atoms with E-state index < -0.39 is 0 Å². The van der Waals surface area contributed by atoms with Gasteiger partial charge in [0.2, 0.25) is 5.91 Å². The summed E-state index contributed by atoms with van der Waals surface area (Å²) in [6.45, 7) is 3.16. The molecule has 0 saturated carbocycles. The Bertz CT molecular complexity index is 1250. The number of nitrogens with zero attached hydrogens (tertiary/aromatic N) is 4. The molecule has 5 rings (SSSR count). The molecule has 1 fully saturated rings. The van der Waals surface area contributed by atoms with Crippen LogP contribution in [0.3, 0.4) is 0 Å². The first-order valence-electron chi connectivity index (χ1n) is 9.90. The smallest absolute Gasteiger partial charge is 0.227 e. The molecule has 4 aromatic rings. The summed E-state index contributed by atoms with van der Waals surface area (Å²) in [4.78, 5) is 29.3. The molecule has 30 heavy (non-hydrogen) atoms. The molecule has 0 radical (unpaired) electrons. The van der Waals surface area contributed by atoms with Crippen LogP contribution in [0.1, 0.15) is 18.4 Å². The predicted octanol–water partition coefficient (Wildman–Crippen LogP) is 4.54. The highest BCUT2D eigenvalue weighted by Gasteiger charge is 2.27. The Balaban J connectivity index is 1.31. The fourth-order valence-corrected chi connectivity index (χ4v) is 5.01. The number of piperidine rings is 1. The maximum atomic E-state index is 13.7. The van der Waals surface area contributed by atoms with Crippen molar-refractivity contribution in [2.45, 2.75) is 19.8 Å². The zero-order valence-corrected chi connectivity index (χ0v) is 17.2. The number of halogens is 1. The van der Waals surface area contributed by atoms with E-state index in [0.717, 1.165) is 52.2 Å². The number of hydrogen-bond donors (Lipinski definition) is 1. The minimum absolute atomic E-state index is 0.0585. The van der Waals surface area contributed by atoms with E-state index in [-0.39, 0.29) is 17.6 Å². The van der Waals surface area contributed by atoms with E-state index in [1.807, 2.05) is 12.1 Å². The standard InChI is InChI=1S/C22H20FN5OS/c1-13-4-5-15(11-17(13)23)27-21(29)14-6-9-28(10-7-14)20-19-18(25-12-26-20)16-3-2-8-24-22(16)30-19/h2-5,8,11-12,14H,6-7,9-10H2,1H3,(H,27,29). The molecule has 1 N–H and O–H groups in total. The number of aryl methyl sites for hydroxylation is 1. The van der Waals surface area contributed by atoms with Crippen LogP contribution in [-0.4, -0.2) is 33.9 Å². The molecular formula is C22H20FN5OS. The molecule has 6 nitrogen and oxygen atoms in total. The van der Waals surface area contributed by atoms with E-state index in [0.29, 0.717) is 11.3 Å². The molecule has 1 aromatic carbocycles. The van der Waals surface area contributed by atoms with Gasteiger partial charge < -0.3 is 10.2 Å². The van der Waals surface area contributed by atoms with E-state index in [4.69, 9.17) is 0 Å². The van der Waals surface area contributed by atoms with Gasteiger partial charge in [0.1, 0.15) is 22.8 Å². The second kappa shape index (κ2) is 7.60. The maximum Gasteiger partial charge on any atom is 0.227 e. The van der Waals surface area contributed by atoms with Gasteiger partial charge in [-0.2, -0.15) is 0 Å². The van der Waals surface area contributed by atoms with E-state index in [1.165, 1.54) is 6.07 Å². The number of aromatic nitrogens is 3. The Kier molecular flexibility index (Phi) is 4.78. The van der Waals surface area contributed by atoms with Gasteiger partial charge in [-0.1, -0.05) is 6.07 Å². The van der Waals surface area contributed by atoms with Gasteiger partial charge in [0.25, 0.3) is 0 Å². The molecule has 8 heteroatoms. The fraction of sp³-hybridized carbons (Fsp3) is 0.273. The summed E-state index contributed by atoms with van der Waals surface area (Å²) >= 11 is 1.60. The Morgan fingerprint density at radius 3 is 2.83 bits per heavy atom. The van der Waals surface area contributed by atoms with Crippen molar-refractivity contribution < 1.29 is 9.18 Å². The lowest BCUT2D eigenvalue weighted by molar-refractivity contribution is -0.120. The molecule has 152 valence electrons. The third-order valence-corrected chi connectivity index (χ3v) is 6.71. The quantitative estimate of drug-likeness (QED) is 0.526. The molecule has 0 aliphatic carbocycles. The van der Waals surface area contributed by atoms with Crippen molar-refractivity contribution in [1.82, 2.24) is 15.0 Å². The fourth-order valence-electron chi connectivity index (χ4n) is 3.89. The number of amides is 1. The van der Waals surface area contributed by atoms with Crippen molar-refractivity contribution in [3.8, 4) is 0 Å². The topological polar surface area (TPSA) is 71.0 Å². The van der Waals surface area contributed by atoms with Crippen LogP contribution in [0.5, 0.6) is 0 Å². The van der Waals surface area contributed by atoms with E-state index >= 15 is 0 Å². The third kappa shape index (κ3) is 3.37. The normalized spacial score (nSPS) is 15.1. The minimum Gasteiger partial charge on any atom is -0.355 e. The number of rotatable bonds is 3. The molecule has 0 atom stereocenters. The Morgan fingerprint density at radius 2 is 2.03 bits per heavy atom. The molecule has 1 aliphatic rings. The Labute approximate surface area is 176 Å². The Morgan fingerprint density at radius 1 is 1.20 bits per heavy atom. The molecular weight excluding hydrogens is 401 g/mol. The number of carbonyl (C=O) groups excluding carboxylic acids is 1. The van der Waals surface area contributed by atoms with Gasteiger partial charge in [-0.15, -0.1) is 11.3 Å². The molecule has 1 saturated heterocycles. The van der Waals surface area contributed by atoms with Crippen LogP contribution in [0.2, 0.25) is 0 Å². The van der Waals surface area contributed by atoms with Crippen molar-refractivity contribution in [1.29, 1.82) is 0 Å². The number of thiophene rings is 1. The van der Waals surface area contributed by atoms with Crippen LogP contribution in [0.4, 0.5) is 15.9 Å². The van der Waals surface area contributed by atoms with Crippen LogP contribution < -0.4 is 10.2 Å². The summed E-state index contributed by atoms with van der Waals surface area (Å²) in [6.07, 6.45) is 4.82. The zero-order valence-electron chi connectivity index (χ0n) is 16.4. The summed E-state index contributed by atoms with van der Waals surface area (Å²) in [6, 6.07) is 8.73. The van der Waals surface area contributed by atoms with Crippen LogP contribution in [0, 0.1) is 18.7 Å². The number of nitrogens with one attached hydrogen (secondary N) is 1. The first-order chi connectivity index (χ1) is 14.6. The highest BCUT2D eigenvalue weighted by molar-refractivity contribution is 7.25. The number of hydrogen-bond acceptors (Lipinski definition) is 6. The summed E-state index contributed by atoms with van der Waals surface area (Å²) in [7, 11) is 0. The number of anilines is 2. The van der Waals surface area contributed by atoms with Crippen LogP contribution >= 0.6 is 11.3 Å². The van der Waals surface area contributed by atoms with Crippen molar-refractivity contribution in [2.24, 2.45) is 5.92 Å². The van der Waals surface area contributed by atoms with E-state index in [9.17, 15) is 9.18 Å². The van der Waals surface area contributed by atoms with Crippen LogP contribution in [-0.2, 0) is 4.79 Å². The van der Waals surface area contributed by atoms with Gasteiger partial charge in [-0.05, 0) is 49.6 Å². The SMILES string of the molecule is Cc1ccc(NC(=O)C2CCN(c3ncnc4c3sc3ncccc34)CC2)cc1F.